The van der Waals surface area contributed by atoms with Crippen LogP contribution in [-0.4, -0.2) is 87.5 Å². The fourth-order valence-electron chi connectivity index (χ4n) is 7.50. The molecule has 9 nitrogen and oxygen atoms in total. The Morgan fingerprint density at radius 3 is 1.25 bits per heavy atom. The van der Waals surface area contributed by atoms with Gasteiger partial charge in [-0.2, -0.15) is 0 Å². The van der Waals surface area contributed by atoms with Gasteiger partial charge in [0.2, 0.25) is 11.8 Å². The van der Waals surface area contributed by atoms with E-state index in [9.17, 15) is 30.0 Å². The molecule has 1 saturated heterocycles. The Morgan fingerprint density at radius 1 is 0.491 bits per heavy atom. The minimum Gasteiger partial charge on any atom is -0.388 e. The molecule has 0 aromatic heterocycles. The summed E-state index contributed by atoms with van der Waals surface area (Å²) >= 11 is 0. The first-order valence-corrected chi connectivity index (χ1v) is 22.7. The highest BCUT2D eigenvalue weighted by molar-refractivity contribution is 5.77. The molecule has 314 valence electrons. The second kappa shape index (κ2) is 35.2. The fraction of sp³-hybridized carbons (Fsp3) is 0.955. The molecule has 1 rings (SSSR count). The Balaban J connectivity index is 2.25. The smallest absolute Gasteiger partial charge is 0.222 e. The highest BCUT2D eigenvalue weighted by Crippen LogP contribution is 2.22. The van der Waals surface area contributed by atoms with Gasteiger partial charge in [0.1, 0.15) is 24.4 Å². The molecule has 5 atom stereocenters. The second-order valence-corrected chi connectivity index (χ2v) is 16.1. The van der Waals surface area contributed by atoms with E-state index in [0.29, 0.717) is 12.8 Å². The number of hydrogen-bond donors (Lipinski definition) is 5. The van der Waals surface area contributed by atoms with E-state index in [0.717, 1.165) is 38.5 Å². The van der Waals surface area contributed by atoms with Crippen LogP contribution in [0.25, 0.3) is 0 Å². The fourth-order valence-corrected chi connectivity index (χ4v) is 7.50. The van der Waals surface area contributed by atoms with Crippen LogP contribution >= 0.6 is 0 Å². The normalized spacial score (nSPS) is 20.2. The van der Waals surface area contributed by atoms with E-state index in [2.05, 4.69) is 19.2 Å². The Kier molecular flexibility index (Phi) is 33.0. The lowest BCUT2D eigenvalue weighted by Gasteiger charge is -2.40. The Labute approximate surface area is 325 Å². The average Bonchev–Trinajstić information content (AvgIpc) is 3.15. The van der Waals surface area contributed by atoms with Gasteiger partial charge in [0.15, 0.2) is 6.29 Å². The van der Waals surface area contributed by atoms with Crippen LogP contribution in [-0.2, 0) is 14.3 Å². The van der Waals surface area contributed by atoms with Crippen LogP contribution in [0.1, 0.15) is 219 Å². The van der Waals surface area contributed by atoms with Gasteiger partial charge in [0.05, 0.1) is 0 Å². The highest BCUT2D eigenvalue weighted by Gasteiger charge is 2.43. The van der Waals surface area contributed by atoms with Crippen LogP contribution in [0.5, 0.6) is 0 Å². The minimum atomic E-state index is -1.65. The summed E-state index contributed by atoms with van der Waals surface area (Å²) in [4.78, 5) is 27.4. The Hall–Kier alpha value is -1.26. The molecule has 2 amide bonds. The molecule has 0 aromatic rings. The molecule has 0 saturated carbocycles. The first-order chi connectivity index (χ1) is 25.8. The van der Waals surface area contributed by atoms with Crippen molar-refractivity contribution >= 4 is 11.8 Å². The maximum Gasteiger partial charge on any atom is 0.222 e. The first-order valence-electron chi connectivity index (χ1n) is 22.7. The molecule has 53 heavy (non-hydrogen) atoms. The third kappa shape index (κ3) is 27.1. The molecule has 0 aromatic carbocycles. The first kappa shape index (κ1) is 49.8. The molecule has 1 unspecified atom stereocenters. The monoisotopic (exact) mass is 755 g/mol. The zero-order chi connectivity index (χ0) is 38.8. The molecule has 9 heteroatoms. The maximum atomic E-state index is 13.3. The molecular weight excluding hydrogens is 668 g/mol. The number of unbranched alkanes of at least 4 members (excludes halogenated alkanes) is 28. The predicted octanol–water partition coefficient (Wildman–Crippen LogP) is 9.25. The van der Waals surface area contributed by atoms with Gasteiger partial charge in [-0.3, -0.25) is 9.59 Å². The zero-order valence-electron chi connectivity index (χ0n) is 34.6. The van der Waals surface area contributed by atoms with Gasteiger partial charge in [0.25, 0.3) is 0 Å². The summed E-state index contributed by atoms with van der Waals surface area (Å²) in [6.45, 7) is 4.99. The molecule has 0 bridgehead atoms. The lowest BCUT2D eigenvalue weighted by molar-refractivity contribution is -0.283. The van der Waals surface area contributed by atoms with Crippen LogP contribution in [0.3, 0.4) is 0 Å². The molecule has 0 aliphatic carbocycles. The molecule has 1 heterocycles. The third-order valence-corrected chi connectivity index (χ3v) is 11.1. The summed E-state index contributed by atoms with van der Waals surface area (Å²) in [5.41, 5.74) is 0. The molecule has 0 spiro atoms. The van der Waals surface area contributed by atoms with Crippen molar-refractivity contribution in [3.8, 4) is 0 Å². The number of aliphatic hydroxyl groups excluding tert-OH is 4. The third-order valence-electron chi connectivity index (χ3n) is 11.1. The molecule has 0 radical (unpaired) electrons. The number of hydrogen-bond acceptors (Lipinski definition) is 7. The summed E-state index contributed by atoms with van der Waals surface area (Å²) < 4.78 is 5.37. The van der Waals surface area contributed by atoms with Gasteiger partial charge in [0, 0.05) is 32.5 Å². The van der Waals surface area contributed by atoms with E-state index < -0.39 is 30.7 Å². The van der Waals surface area contributed by atoms with Gasteiger partial charge in [-0.1, -0.05) is 194 Å². The van der Waals surface area contributed by atoms with Crippen molar-refractivity contribution < 1.29 is 34.8 Å². The molecule has 1 fully saturated rings. The molecule has 1 aliphatic heterocycles. The molecular formula is C44H86N2O7. The van der Waals surface area contributed by atoms with Crippen molar-refractivity contribution in [3.05, 3.63) is 0 Å². The largest absolute Gasteiger partial charge is 0.388 e. The standard InChI is InChI=1S/C44H86N2O7/c1-3-5-7-9-11-13-15-17-19-21-23-25-27-29-31-33-39(47)45-35-36-46(37-38-41(49)42(50)43(51)44(52)53-38)40(48)34-32-30-28-26-24-22-20-18-16-14-12-10-8-6-4-2/h38,41-44,49-52H,3-37H2,1-2H3,(H,45,47)/t38-,41+,42+,43-,44?/m1/s1. The van der Waals surface area contributed by atoms with E-state index in [-0.39, 0.29) is 31.4 Å². The predicted molar refractivity (Wildman–Crippen MR) is 218 cm³/mol. The number of amides is 2. The maximum absolute atomic E-state index is 13.3. The van der Waals surface area contributed by atoms with Gasteiger partial charge < -0.3 is 35.4 Å². The van der Waals surface area contributed by atoms with Gasteiger partial charge in [-0.25, -0.2) is 0 Å². The van der Waals surface area contributed by atoms with Crippen molar-refractivity contribution in [1.82, 2.24) is 10.2 Å². The van der Waals surface area contributed by atoms with E-state index in [1.165, 1.54) is 154 Å². The topological polar surface area (TPSA) is 140 Å². The van der Waals surface area contributed by atoms with Crippen molar-refractivity contribution in [1.29, 1.82) is 0 Å². The number of ether oxygens (including phenoxy) is 1. The SMILES string of the molecule is CCCCCCCCCCCCCCCCCC(=O)NCCN(C[C@H]1OC(O)[C@H](O)[C@@H](O)[C@H]1O)C(=O)CCCCCCCCCCCCCCCCC. The van der Waals surface area contributed by atoms with Crippen LogP contribution in [0.4, 0.5) is 0 Å². The molecule has 5 N–H and O–H groups in total. The number of carbonyl (C=O) groups excluding carboxylic acids is 2. The van der Waals surface area contributed by atoms with Crippen LogP contribution in [0.15, 0.2) is 0 Å². The van der Waals surface area contributed by atoms with Gasteiger partial charge in [-0.05, 0) is 12.8 Å². The average molecular weight is 755 g/mol. The Morgan fingerprint density at radius 2 is 0.849 bits per heavy atom. The van der Waals surface area contributed by atoms with E-state index in [1.807, 2.05) is 0 Å². The summed E-state index contributed by atoms with van der Waals surface area (Å²) in [7, 11) is 0. The van der Waals surface area contributed by atoms with Crippen molar-refractivity contribution in [2.45, 2.75) is 250 Å². The van der Waals surface area contributed by atoms with Gasteiger partial charge in [-0.15, -0.1) is 0 Å². The van der Waals surface area contributed by atoms with E-state index in [1.54, 1.807) is 4.90 Å². The van der Waals surface area contributed by atoms with Crippen molar-refractivity contribution in [2.24, 2.45) is 0 Å². The zero-order valence-corrected chi connectivity index (χ0v) is 34.6. The second-order valence-electron chi connectivity index (χ2n) is 16.1. The van der Waals surface area contributed by atoms with Gasteiger partial charge >= 0.3 is 0 Å². The molecule has 1 aliphatic rings. The van der Waals surface area contributed by atoms with Crippen LogP contribution in [0.2, 0.25) is 0 Å². The Bertz CT molecular complexity index is 847. The van der Waals surface area contributed by atoms with Crippen LogP contribution in [0, 0.1) is 0 Å². The van der Waals surface area contributed by atoms with Crippen molar-refractivity contribution in [3.63, 3.8) is 0 Å². The number of nitrogens with zero attached hydrogens (tertiary/aromatic N) is 1. The van der Waals surface area contributed by atoms with E-state index in [4.69, 9.17) is 4.74 Å². The number of nitrogens with one attached hydrogen (secondary N) is 1. The summed E-state index contributed by atoms with van der Waals surface area (Å²) in [6, 6.07) is 0. The van der Waals surface area contributed by atoms with Crippen LogP contribution < -0.4 is 5.32 Å². The summed E-state index contributed by atoms with van der Waals surface area (Å²) in [6.07, 6.45) is 31.4. The lowest BCUT2D eigenvalue weighted by Crippen LogP contribution is -2.60. The van der Waals surface area contributed by atoms with E-state index >= 15 is 0 Å². The number of aliphatic hydroxyl groups is 4. The van der Waals surface area contributed by atoms with Crippen molar-refractivity contribution in [2.75, 3.05) is 19.6 Å². The number of rotatable bonds is 37. The minimum absolute atomic E-state index is 0.0302. The number of carbonyl (C=O) groups is 2. The quantitative estimate of drug-likeness (QED) is 0.0399. The summed E-state index contributed by atoms with van der Waals surface area (Å²) in [5.74, 6) is -0.139. The lowest BCUT2D eigenvalue weighted by atomic mass is 9.98. The highest BCUT2D eigenvalue weighted by atomic mass is 16.6. The summed E-state index contributed by atoms with van der Waals surface area (Å²) in [5, 5.41) is 43.5.